The minimum Gasteiger partial charge on any atom is -0.383 e. The Morgan fingerprint density at radius 1 is 1.03 bits per heavy atom. The van der Waals surface area contributed by atoms with Crippen LogP contribution in [-0.2, 0) is 12.2 Å². The van der Waals surface area contributed by atoms with Gasteiger partial charge in [-0.3, -0.25) is 0 Å². The largest absolute Gasteiger partial charge is 0.383 e. The van der Waals surface area contributed by atoms with Gasteiger partial charge in [-0.05, 0) is 34.0 Å². The van der Waals surface area contributed by atoms with E-state index in [4.69, 9.17) is 12.2 Å². The standard InChI is InChI=1S/C24H20IN3S/c1-2-20-22(19-12-10-17(11-13-19)9-6-14-25)21(15-26)23(27)28-24(20)29-16-18-7-4-3-5-8-18/h1,3-5,7-8,10-13H,6,9,14,16H2,(H2,27,28). The lowest BCUT2D eigenvalue weighted by Crippen LogP contribution is -2.03. The zero-order valence-corrected chi connectivity index (χ0v) is 18.8. The molecule has 2 aromatic carbocycles. The number of benzene rings is 2. The number of terminal acetylenes is 1. The van der Waals surface area contributed by atoms with Gasteiger partial charge in [0.2, 0.25) is 0 Å². The molecule has 0 saturated heterocycles. The Kier molecular flexibility index (Phi) is 7.57. The number of hydrogen-bond donors (Lipinski definition) is 1. The molecule has 3 aromatic rings. The van der Waals surface area contributed by atoms with E-state index in [0.717, 1.165) is 28.6 Å². The first-order chi connectivity index (χ1) is 14.2. The highest BCUT2D eigenvalue weighted by atomic mass is 127. The van der Waals surface area contributed by atoms with Gasteiger partial charge in [0.05, 0.1) is 5.56 Å². The number of pyridine rings is 1. The fourth-order valence-corrected chi connectivity index (χ4v) is 4.40. The minimum absolute atomic E-state index is 0.214. The molecule has 0 bridgehead atoms. The lowest BCUT2D eigenvalue weighted by molar-refractivity contribution is 0.946. The summed E-state index contributed by atoms with van der Waals surface area (Å²) in [5, 5.41) is 10.4. The highest BCUT2D eigenvalue weighted by Gasteiger charge is 2.19. The molecule has 1 heterocycles. The van der Waals surface area contributed by atoms with Crippen LogP contribution in [-0.4, -0.2) is 9.41 Å². The highest BCUT2D eigenvalue weighted by molar-refractivity contribution is 14.1. The van der Waals surface area contributed by atoms with Crippen molar-refractivity contribution in [1.82, 2.24) is 4.98 Å². The van der Waals surface area contributed by atoms with Gasteiger partial charge in [0.15, 0.2) is 0 Å². The Morgan fingerprint density at radius 3 is 2.38 bits per heavy atom. The van der Waals surface area contributed by atoms with Gasteiger partial charge < -0.3 is 5.73 Å². The predicted molar refractivity (Wildman–Crippen MR) is 130 cm³/mol. The molecule has 0 fully saturated rings. The number of hydrogen-bond acceptors (Lipinski definition) is 4. The van der Waals surface area contributed by atoms with E-state index in [9.17, 15) is 5.26 Å². The van der Waals surface area contributed by atoms with Crippen LogP contribution in [0.5, 0.6) is 0 Å². The first-order valence-electron chi connectivity index (χ1n) is 9.20. The third kappa shape index (κ3) is 5.12. The molecule has 3 rings (SSSR count). The minimum atomic E-state index is 0.214. The smallest absolute Gasteiger partial charge is 0.143 e. The van der Waals surface area contributed by atoms with Crippen LogP contribution in [0.25, 0.3) is 11.1 Å². The molecule has 0 atom stereocenters. The van der Waals surface area contributed by atoms with E-state index in [-0.39, 0.29) is 5.82 Å². The van der Waals surface area contributed by atoms with Gasteiger partial charge >= 0.3 is 0 Å². The van der Waals surface area contributed by atoms with Crippen molar-refractivity contribution in [2.75, 3.05) is 10.2 Å². The van der Waals surface area contributed by atoms with Gasteiger partial charge in [0, 0.05) is 11.3 Å². The first-order valence-corrected chi connectivity index (χ1v) is 11.7. The van der Waals surface area contributed by atoms with Crippen molar-refractivity contribution in [3.8, 4) is 29.5 Å². The lowest BCUT2D eigenvalue weighted by atomic mass is 9.95. The number of rotatable bonds is 7. The fraction of sp³-hybridized carbons (Fsp3) is 0.167. The van der Waals surface area contributed by atoms with Crippen molar-refractivity contribution in [2.45, 2.75) is 23.6 Å². The Bertz CT molecular complexity index is 1060. The van der Waals surface area contributed by atoms with Crippen molar-refractivity contribution >= 4 is 40.2 Å². The van der Waals surface area contributed by atoms with Crippen LogP contribution < -0.4 is 5.73 Å². The molecule has 0 saturated carbocycles. The molecule has 2 N–H and O–H groups in total. The van der Waals surface area contributed by atoms with Crippen LogP contribution in [0.15, 0.2) is 59.6 Å². The first kappa shape index (κ1) is 21.2. The summed E-state index contributed by atoms with van der Waals surface area (Å²) >= 11 is 3.92. The van der Waals surface area contributed by atoms with Crippen LogP contribution in [0.1, 0.15) is 28.7 Å². The lowest BCUT2D eigenvalue weighted by Gasteiger charge is -2.14. The third-order valence-corrected chi connectivity index (χ3v) is 6.32. The molecule has 5 heteroatoms. The van der Waals surface area contributed by atoms with Gasteiger partial charge in [-0.15, -0.1) is 18.2 Å². The van der Waals surface area contributed by atoms with Crippen molar-refractivity contribution in [3.05, 3.63) is 76.9 Å². The fourth-order valence-electron chi connectivity index (χ4n) is 3.06. The van der Waals surface area contributed by atoms with E-state index in [1.165, 1.54) is 22.9 Å². The second-order valence-electron chi connectivity index (χ2n) is 6.45. The van der Waals surface area contributed by atoms with Gasteiger partial charge in [0.25, 0.3) is 0 Å². The number of halogens is 1. The molecule has 29 heavy (non-hydrogen) atoms. The number of nitrogens with zero attached hydrogens (tertiary/aromatic N) is 2. The molecule has 0 aliphatic rings. The van der Waals surface area contributed by atoms with Gasteiger partial charge in [-0.2, -0.15) is 5.26 Å². The quantitative estimate of drug-likeness (QED) is 0.188. The maximum Gasteiger partial charge on any atom is 0.143 e. The average Bonchev–Trinajstić information content (AvgIpc) is 2.76. The summed E-state index contributed by atoms with van der Waals surface area (Å²) in [5.41, 5.74) is 11.1. The molecule has 1 aromatic heterocycles. The zero-order valence-electron chi connectivity index (χ0n) is 15.9. The number of nitriles is 1. The highest BCUT2D eigenvalue weighted by Crippen LogP contribution is 2.36. The summed E-state index contributed by atoms with van der Waals surface area (Å²) in [6, 6.07) is 20.5. The van der Waals surface area contributed by atoms with Crippen molar-refractivity contribution in [2.24, 2.45) is 0 Å². The molecular formula is C24H20IN3S. The van der Waals surface area contributed by atoms with E-state index in [1.54, 1.807) is 0 Å². The second kappa shape index (κ2) is 10.3. The van der Waals surface area contributed by atoms with Crippen LogP contribution >= 0.6 is 34.4 Å². The van der Waals surface area contributed by atoms with E-state index in [1.807, 2.05) is 30.3 Å². The number of thioether (sulfide) groups is 1. The van der Waals surface area contributed by atoms with Crippen LogP contribution in [0.4, 0.5) is 5.82 Å². The molecule has 0 aliphatic heterocycles. The van der Waals surface area contributed by atoms with Crippen molar-refractivity contribution < 1.29 is 0 Å². The predicted octanol–water partition coefficient (Wildman–Crippen LogP) is 5.84. The molecular weight excluding hydrogens is 489 g/mol. The number of aromatic nitrogens is 1. The van der Waals surface area contributed by atoms with E-state index in [2.05, 4.69) is 63.8 Å². The summed E-state index contributed by atoms with van der Waals surface area (Å²) < 4.78 is 1.13. The Hall–Kier alpha value is -2.48. The van der Waals surface area contributed by atoms with E-state index < -0.39 is 0 Å². The normalized spacial score (nSPS) is 10.3. The summed E-state index contributed by atoms with van der Waals surface area (Å²) in [4.78, 5) is 4.45. The summed E-state index contributed by atoms with van der Waals surface area (Å²) in [6.07, 6.45) is 8.05. The van der Waals surface area contributed by atoms with Gasteiger partial charge in [-0.25, -0.2) is 4.98 Å². The summed E-state index contributed by atoms with van der Waals surface area (Å²) in [7, 11) is 0. The average molecular weight is 509 g/mol. The van der Waals surface area contributed by atoms with E-state index >= 15 is 0 Å². The van der Waals surface area contributed by atoms with Crippen LogP contribution in [0.2, 0.25) is 0 Å². The monoisotopic (exact) mass is 509 g/mol. The van der Waals surface area contributed by atoms with Crippen molar-refractivity contribution in [1.29, 1.82) is 5.26 Å². The molecule has 0 unspecified atom stereocenters. The summed E-state index contributed by atoms with van der Waals surface area (Å²) in [5.74, 6) is 3.70. The van der Waals surface area contributed by atoms with Gasteiger partial charge in [-0.1, -0.05) is 83.1 Å². The maximum absolute atomic E-state index is 9.70. The third-order valence-electron chi connectivity index (χ3n) is 4.51. The number of nitrogens with two attached hydrogens (primary N) is 1. The van der Waals surface area contributed by atoms with Crippen molar-refractivity contribution in [3.63, 3.8) is 0 Å². The molecule has 3 nitrogen and oxygen atoms in total. The molecule has 0 spiro atoms. The number of alkyl halides is 1. The Balaban J connectivity index is 2.02. The number of aryl methyl sites for hydroxylation is 1. The van der Waals surface area contributed by atoms with E-state index in [0.29, 0.717) is 21.7 Å². The Morgan fingerprint density at radius 2 is 1.76 bits per heavy atom. The maximum atomic E-state index is 9.70. The molecule has 0 radical (unpaired) electrons. The summed E-state index contributed by atoms with van der Waals surface area (Å²) in [6.45, 7) is 0. The van der Waals surface area contributed by atoms with Gasteiger partial charge in [0.1, 0.15) is 22.5 Å². The number of anilines is 1. The topological polar surface area (TPSA) is 62.7 Å². The molecule has 0 amide bonds. The van der Waals surface area contributed by atoms with Crippen LogP contribution in [0.3, 0.4) is 0 Å². The van der Waals surface area contributed by atoms with Crippen LogP contribution in [0, 0.1) is 23.7 Å². The zero-order chi connectivity index (χ0) is 20.6. The second-order valence-corrected chi connectivity index (χ2v) is 8.49. The molecule has 144 valence electrons. The molecule has 0 aliphatic carbocycles. The Labute approximate surface area is 189 Å². The SMILES string of the molecule is C#Cc1c(SCc2ccccc2)nc(N)c(C#N)c1-c1ccc(CCCI)cc1. The number of nitrogen functional groups attached to an aromatic ring is 1.